The van der Waals surface area contributed by atoms with E-state index in [1.165, 1.54) is 0 Å². The van der Waals surface area contributed by atoms with Crippen molar-refractivity contribution in [1.29, 1.82) is 0 Å². The molecule has 106 valence electrons. The van der Waals surface area contributed by atoms with Gasteiger partial charge < -0.3 is 14.2 Å². The van der Waals surface area contributed by atoms with E-state index < -0.39 is 0 Å². The summed E-state index contributed by atoms with van der Waals surface area (Å²) >= 11 is 0. The van der Waals surface area contributed by atoms with Gasteiger partial charge in [-0.25, -0.2) is 0 Å². The van der Waals surface area contributed by atoms with Crippen LogP contribution >= 0.6 is 0 Å². The molecule has 0 spiro atoms. The number of hydrogen-bond donors (Lipinski definition) is 0. The largest absolute Gasteiger partial charge is 0.379 e. The van der Waals surface area contributed by atoms with E-state index in [9.17, 15) is 0 Å². The van der Waals surface area contributed by atoms with Crippen molar-refractivity contribution in [3.05, 3.63) is 0 Å². The Balaban J connectivity index is 2.55. The molecule has 0 aromatic rings. The molecule has 1 saturated heterocycles. The van der Waals surface area contributed by atoms with Gasteiger partial charge in [0.2, 0.25) is 0 Å². The fraction of sp³-hybridized carbons (Fsp3) is 1.00. The van der Waals surface area contributed by atoms with Crippen molar-refractivity contribution in [2.45, 2.75) is 77.9 Å². The van der Waals surface area contributed by atoms with E-state index >= 15 is 0 Å². The van der Waals surface area contributed by atoms with Gasteiger partial charge in [0.1, 0.15) is 7.85 Å². The molecule has 0 unspecified atom stereocenters. The van der Waals surface area contributed by atoms with Crippen LogP contribution in [-0.4, -0.2) is 43.9 Å². The van der Waals surface area contributed by atoms with E-state index in [1.807, 2.05) is 0 Å². The van der Waals surface area contributed by atoms with Crippen molar-refractivity contribution in [3.8, 4) is 0 Å². The predicted octanol–water partition coefficient (Wildman–Crippen LogP) is 1.98. The molecule has 18 heavy (non-hydrogen) atoms. The second-order valence-electron chi connectivity index (χ2n) is 7.36. The first kappa shape index (κ1) is 16.0. The van der Waals surface area contributed by atoms with Crippen molar-refractivity contribution < 1.29 is 14.2 Å². The highest BCUT2D eigenvalue weighted by Gasteiger charge is 2.42. The first-order valence-corrected chi connectivity index (χ1v) is 6.97. The molecule has 1 aliphatic rings. The summed E-state index contributed by atoms with van der Waals surface area (Å²) in [4.78, 5) is 0. The van der Waals surface area contributed by atoms with Crippen LogP contribution in [0.15, 0.2) is 0 Å². The second-order valence-corrected chi connectivity index (χ2v) is 7.36. The molecule has 1 heterocycles. The normalized spacial score (nSPS) is 33.9. The summed E-state index contributed by atoms with van der Waals surface area (Å²) in [5, 5.41) is 0. The lowest BCUT2D eigenvalue weighted by Gasteiger charge is -2.29. The van der Waals surface area contributed by atoms with Crippen LogP contribution in [0.1, 0.15) is 48.5 Å². The molecule has 0 N–H and O–H groups in total. The van der Waals surface area contributed by atoms with Crippen LogP contribution in [-0.2, 0) is 14.2 Å². The molecule has 0 aromatic carbocycles. The highest BCUT2D eigenvalue weighted by atomic mass is 16.6. The third kappa shape index (κ3) is 4.91. The number of rotatable bonds is 3. The topological polar surface area (TPSA) is 27.7 Å². The van der Waals surface area contributed by atoms with Gasteiger partial charge in [-0.15, -0.1) is 0 Å². The van der Waals surface area contributed by atoms with Crippen molar-refractivity contribution >= 4 is 7.85 Å². The van der Waals surface area contributed by atoms with Gasteiger partial charge in [-0.3, -0.25) is 0 Å². The van der Waals surface area contributed by atoms with Crippen LogP contribution in [0.3, 0.4) is 0 Å². The summed E-state index contributed by atoms with van der Waals surface area (Å²) in [6.07, 6.45) is 0.283. The zero-order valence-electron chi connectivity index (χ0n) is 13.2. The zero-order chi connectivity index (χ0) is 14.1. The van der Waals surface area contributed by atoms with Gasteiger partial charge in [0.25, 0.3) is 0 Å². The molecule has 0 amide bonds. The SMILES string of the molecule is B[C@@H]1O[C@H](COC(C)(C)C)[C@H](C)[C@H]1OC(C)(C)C. The quantitative estimate of drug-likeness (QED) is 0.723. The summed E-state index contributed by atoms with van der Waals surface area (Å²) < 4.78 is 17.9. The lowest BCUT2D eigenvalue weighted by atomic mass is 9.88. The zero-order valence-corrected chi connectivity index (χ0v) is 13.2. The van der Waals surface area contributed by atoms with E-state index in [0.29, 0.717) is 12.5 Å². The lowest BCUT2D eigenvalue weighted by Crippen LogP contribution is -2.37. The molecular weight excluding hydrogens is 227 g/mol. The Kier molecular flexibility index (Phi) is 4.90. The van der Waals surface area contributed by atoms with Crippen LogP contribution in [0, 0.1) is 5.92 Å². The summed E-state index contributed by atoms with van der Waals surface area (Å²) in [5.74, 6) is 0.363. The Bertz CT molecular complexity index is 267. The first-order chi connectivity index (χ1) is 7.99. The van der Waals surface area contributed by atoms with Crippen LogP contribution in [0.25, 0.3) is 0 Å². The Morgan fingerprint density at radius 1 is 1.06 bits per heavy atom. The monoisotopic (exact) mass is 256 g/mol. The van der Waals surface area contributed by atoms with Crippen molar-refractivity contribution in [2.75, 3.05) is 6.61 Å². The predicted molar refractivity (Wildman–Crippen MR) is 76.7 cm³/mol. The second kappa shape index (κ2) is 5.52. The van der Waals surface area contributed by atoms with E-state index in [1.54, 1.807) is 0 Å². The maximum atomic E-state index is 6.10. The molecule has 0 aromatic heterocycles. The molecule has 4 atom stereocenters. The van der Waals surface area contributed by atoms with Crippen LogP contribution in [0.5, 0.6) is 0 Å². The maximum absolute atomic E-state index is 6.10. The van der Waals surface area contributed by atoms with Gasteiger partial charge in [-0.1, -0.05) is 6.92 Å². The third-order valence-electron chi connectivity index (χ3n) is 3.13. The molecule has 1 fully saturated rings. The van der Waals surface area contributed by atoms with E-state index in [-0.39, 0.29) is 29.4 Å². The Morgan fingerprint density at radius 3 is 2.06 bits per heavy atom. The highest BCUT2D eigenvalue weighted by molar-refractivity contribution is 6.11. The van der Waals surface area contributed by atoms with Gasteiger partial charge in [-0.2, -0.15) is 0 Å². The summed E-state index contributed by atoms with van der Waals surface area (Å²) in [5.41, 5.74) is -0.244. The van der Waals surface area contributed by atoms with E-state index in [0.717, 1.165) is 0 Å². The third-order valence-corrected chi connectivity index (χ3v) is 3.13. The molecule has 3 nitrogen and oxygen atoms in total. The van der Waals surface area contributed by atoms with E-state index in [4.69, 9.17) is 14.2 Å². The molecule has 0 radical (unpaired) electrons. The minimum Gasteiger partial charge on any atom is -0.379 e. The molecule has 1 rings (SSSR count). The summed E-state index contributed by atoms with van der Waals surface area (Å²) in [6, 6.07) is 0.132. The summed E-state index contributed by atoms with van der Waals surface area (Å²) in [6.45, 7) is 15.3. The molecule has 0 aliphatic carbocycles. The van der Waals surface area contributed by atoms with E-state index in [2.05, 4.69) is 56.3 Å². The highest BCUT2D eigenvalue weighted by Crippen LogP contribution is 2.31. The van der Waals surface area contributed by atoms with Gasteiger partial charge in [0.15, 0.2) is 0 Å². The fourth-order valence-corrected chi connectivity index (χ4v) is 2.25. The Labute approximate surface area is 113 Å². The lowest BCUT2D eigenvalue weighted by molar-refractivity contribution is -0.0805. The summed E-state index contributed by atoms with van der Waals surface area (Å²) in [7, 11) is 2.09. The minimum absolute atomic E-state index is 0.116. The van der Waals surface area contributed by atoms with Crippen molar-refractivity contribution in [2.24, 2.45) is 5.92 Å². The average Bonchev–Trinajstić information content (AvgIpc) is 2.39. The van der Waals surface area contributed by atoms with Gasteiger partial charge in [-0.05, 0) is 41.5 Å². The van der Waals surface area contributed by atoms with Crippen molar-refractivity contribution in [1.82, 2.24) is 0 Å². The molecule has 1 aliphatic heterocycles. The maximum Gasteiger partial charge on any atom is 0.142 e. The van der Waals surface area contributed by atoms with Gasteiger partial charge >= 0.3 is 0 Å². The molecule has 0 bridgehead atoms. The van der Waals surface area contributed by atoms with Crippen LogP contribution in [0.2, 0.25) is 0 Å². The molecule has 4 heteroatoms. The smallest absolute Gasteiger partial charge is 0.142 e. The van der Waals surface area contributed by atoms with Crippen LogP contribution in [0.4, 0.5) is 0 Å². The van der Waals surface area contributed by atoms with Crippen molar-refractivity contribution in [3.63, 3.8) is 0 Å². The van der Waals surface area contributed by atoms with Gasteiger partial charge in [0.05, 0.1) is 36.0 Å². The van der Waals surface area contributed by atoms with Crippen LogP contribution < -0.4 is 0 Å². The Morgan fingerprint density at radius 2 is 1.61 bits per heavy atom. The number of ether oxygens (including phenoxy) is 3. The molecule has 0 saturated carbocycles. The number of hydrogen-bond acceptors (Lipinski definition) is 3. The Hall–Kier alpha value is -0.0551. The average molecular weight is 256 g/mol. The molecular formula is C14H29BO3. The standard InChI is InChI=1S/C14H29BO3/c1-9-10(8-16-13(2,3)4)17-12(15)11(9)18-14(5,6)7/h9-12H,8,15H2,1-7H3/t9-,10+,11+,12+/m0/s1. The van der Waals surface area contributed by atoms with Gasteiger partial charge in [0, 0.05) is 5.92 Å². The minimum atomic E-state index is -0.129. The fourth-order valence-electron chi connectivity index (χ4n) is 2.25. The first-order valence-electron chi connectivity index (χ1n) is 6.97.